The van der Waals surface area contributed by atoms with Gasteiger partial charge in [0.25, 0.3) is 5.91 Å². The predicted molar refractivity (Wildman–Crippen MR) is 115 cm³/mol. The Balaban J connectivity index is 1.66. The van der Waals surface area contributed by atoms with Gasteiger partial charge in [-0.3, -0.25) is 9.59 Å². The quantitative estimate of drug-likeness (QED) is 0.687. The molecule has 2 aromatic carbocycles. The Morgan fingerprint density at radius 2 is 1.67 bits per heavy atom. The molecule has 0 heterocycles. The average Bonchev–Trinajstić information content (AvgIpc) is 3.29. The summed E-state index contributed by atoms with van der Waals surface area (Å²) in [6, 6.07) is 16.4. The third-order valence-corrected chi connectivity index (χ3v) is 5.49. The summed E-state index contributed by atoms with van der Waals surface area (Å²) in [5.41, 5.74) is 0.968. The zero-order valence-electron chi connectivity index (χ0n) is 17.7. The number of nitrogens with one attached hydrogen (secondary N) is 1. The number of hydrogen-bond donors (Lipinski definition) is 1. The lowest BCUT2D eigenvalue weighted by Crippen LogP contribution is -2.50. The Morgan fingerprint density at radius 1 is 1.03 bits per heavy atom. The predicted octanol–water partition coefficient (Wildman–Crippen LogP) is 3.55. The highest BCUT2D eigenvalue weighted by atomic mass is 16.5. The first-order valence-electron chi connectivity index (χ1n) is 10.5. The number of methoxy groups -OCH3 is 1. The zero-order valence-corrected chi connectivity index (χ0v) is 17.7. The monoisotopic (exact) mass is 410 g/mol. The van der Waals surface area contributed by atoms with Crippen molar-refractivity contribution >= 4 is 11.8 Å². The molecule has 0 saturated heterocycles. The van der Waals surface area contributed by atoms with Crippen LogP contribution < -0.4 is 14.8 Å². The summed E-state index contributed by atoms with van der Waals surface area (Å²) < 4.78 is 10.8. The van der Waals surface area contributed by atoms with Crippen LogP contribution in [-0.4, -0.2) is 42.5 Å². The average molecular weight is 411 g/mol. The largest absolute Gasteiger partial charge is 0.497 e. The molecule has 1 atom stereocenters. The number of amides is 2. The van der Waals surface area contributed by atoms with Gasteiger partial charge in [-0.15, -0.1) is 0 Å². The maximum absolute atomic E-state index is 13.0. The van der Waals surface area contributed by atoms with Crippen LogP contribution in [0.2, 0.25) is 0 Å². The molecule has 0 aliphatic heterocycles. The van der Waals surface area contributed by atoms with Gasteiger partial charge < -0.3 is 19.7 Å². The van der Waals surface area contributed by atoms with E-state index in [9.17, 15) is 9.59 Å². The molecule has 1 unspecified atom stereocenters. The van der Waals surface area contributed by atoms with E-state index >= 15 is 0 Å². The van der Waals surface area contributed by atoms with Crippen molar-refractivity contribution in [2.45, 2.75) is 51.2 Å². The van der Waals surface area contributed by atoms with Gasteiger partial charge in [0.1, 0.15) is 17.5 Å². The lowest BCUT2D eigenvalue weighted by atomic mass is 10.1. The standard InChI is InChI=1S/C24H30N2O4/c1-18(24(28)25-20-10-6-7-11-20)26(16-19-8-4-3-5-9-19)23(27)17-30-22-14-12-21(29-2)13-15-22/h3-5,8-9,12-15,18,20H,6-7,10-11,16-17H2,1-2H3,(H,25,28). The highest BCUT2D eigenvalue weighted by molar-refractivity contribution is 5.88. The van der Waals surface area contributed by atoms with Gasteiger partial charge in [0.15, 0.2) is 6.61 Å². The molecule has 2 aromatic rings. The van der Waals surface area contributed by atoms with Crippen LogP contribution in [0.5, 0.6) is 11.5 Å². The molecular formula is C24H30N2O4. The fourth-order valence-corrected chi connectivity index (χ4v) is 3.65. The van der Waals surface area contributed by atoms with Gasteiger partial charge in [0.2, 0.25) is 5.91 Å². The van der Waals surface area contributed by atoms with Crippen LogP contribution in [0.15, 0.2) is 54.6 Å². The molecule has 3 rings (SSSR count). The van der Waals surface area contributed by atoms with Crippen LogP contribution >= 0.6 is 0 Å². The third-order valence-electron chi connectivity index (χ3n) is 5.49. The first-order valence-corrected chi connectivity index (χ1v) is 10.5. The van der Waals surface area contributed by atoms with Crippen molar-refractivity contribution in [1.29, 1.82) is 0 Å². The summed E-state index contributed by atoms with van der Waals surface area (Å²) in [7, 11) is 1.60. The van der Waals surface area contributed by atoms with Crippen molar-refractivity contribution in [2.24, 2.45) is 0 Å². The first-order chi connectivity index (χ1) is 14.6. The van der Waals surface area contributed by atoms with Crippen LogP contribution in [0.1, 0.15) is 38.2 Å². The smallest absolute Gasteiger partial charge is 0.261 e. The molecule has 1 aliphatic rings. The second kappa shape index (κ2) is 10.7. The van der Waals surface area contributed by atoms with E-state index in [1.165, 1.54) is 0 Å². The lowest BCUT2D eigenvalue weighted by Gasteiger charge is -2.29. The fourth-order valence-electron chi connectivity index (χ4n) is 3.65. The summed E-state index contributed by atoms with van der Waals surface area (Å²) >= 11 is 0. The molecule has 6 heteroatoms. The van der Waals surface area contributed by atoms with Gasteiger partial charge in [0.05, 0.1) is 7.11 Å². The second-order valence-electron chi connectivity index (χ2n) is 7.64. The molecule has 0 bridgehead atoms. The number of benzene rings is 2. The Hall–Kier alpha value is -3.02. The minimum atomic E-state index is -0.585. The van der Waals surface area contributed by atoms with E-state index in [0.29, 0.717) is 12.3 Å². The van der Waals surface area contributed by atoms with E-state index in [1.54, 1.807) is 43.2 Å². The van der Waals surface area contributed by atoms with E-state index in [-0.39, 0.29) is 24.5 Å². The van der Waals surface area contributed by atoms with Crippen molar-refractivity contribution in [3.05, 3.63) is 60.2 Å². The van der Waals surface area contributed by atoms with Crippen molar-refractivity contribution in [3.63, 3.8) is 0 Å². The third kappa shape index (κ3) is 5.99. The van der Waals surface area contributed by atoms with Crippen LogP contribution in [0.25, 0.3) is 0 Å². The molecule has 1 aliphatic carbocycles. The van der Waals surface area contributed by atoms with Gasteiger partial charge in [-0.25, -0.2) is 0 Å². The van der Waals surface area contributed by atoms with Gasteiger partial charge >= 0.3 is 0 Å². The number of hydrogen-bond acceptors (Lipinski definition) is 4. The number of nitrogens with zero attached hydrogens (tertiary/aromatic N) is 1. The van der Waals surface area contributed by atoms with Gasteiger partial charge in [-0.2, -0.15) is 0 Å². The van der Waals surface area contributed by atoms with Gasteiger partial charge in [-0.05, 0) is 49.6 Å². The number of carbonyl (C=O) groups is 2. The van der Waals surface area contributed by atoms with E-state index in [4.69, 9.17) is 9.47 Å². The van der Waals surface area contributed by atoms with Crippen LogP contribution in [0.4, 0.5) is 0 Å². The maximum Gasteiger partial charge on any atom is 0.261 e. The summed E-state index contributed by atoms with van der Waals surface area (Å²) in [5.74, 6) is 0.947. The summed E-state index contributed by atoms with van der Waals surface area (Å²) in [6.07, 6.45) is 4.29. The number of carbonyl (C=O) groups excluding carboxylic acids is 2. The Morgan fingerprint density at radius 3 is 2.30 bits per heavy atom. The molecule has 1 saturated carbocycles. The Bertz CT molecular complexity index is 817. The topological polar surface area (TPSA) is 67.9 Å². The van der Waals surface area contributed by atoms with E-state index in [2.05, 4.69) is 5.32 Å². The molecule has 0 spiro atoms. The minimum Gasteiger partial charge on any atom is -0.497 e. The Kier molecular flexibility index (Phi) is 7.71. The Labute approximate surface area is 178 Å². The highest BCUT2D eigenvalue weighted by Gasteiger charge is 2.28. The highest BCUT2D eigenvalue weighted by Crippen LogP contribution is 2.19. The van der Waals surface area contributed by atoms with E-state index in [0.717, 1.165) is 37.0 Å². The normalized spacial score (nSPS) is 14.7. The molecule has 6 nitrogen and oxygen atoms in total. The van der Waals surface area contributed by atoms with Crippen LogP contribution in [0.3, 0.4) is 0 Å². The van der Waals surface area contributed by atoms with Crippen molar-refractivity contribution in [1.82, 2.24) is 10.2 Å². The molecular weight excluding hydrogens is 380 g/mol. The SMILES string of the molecule is COc1ccc(OCC(=O)N(Cc2ccccc2)C(C)C(=O)NC2CCCC2)cc1. The molecule has 2 amide bonds. The molecule has 1 fully saturated rings. The number of rotatable bonds is 9. The number of ether oxygens (including phenoxy) is 2. The van der Waals surface area contributed by atoms with E-state index < -0.39 is 6.04 Å². The van der Waals surface area contributed by atoms with Crippen molar-refractivity contribution < 1.29 is 19.1 Å². The molecule has 160 valence electrons. The zero-order chi connectivity index (χ0) is 21.3. The fraction of sp³-hybridized carbons (Fsp3) is 0.417. The van der Waals surface area contributed by atoms with Gasteiger partial charge in [0, 0.05) is 12.6 Å². The van der Waals surface area contributed by atoms with E-state index in [1.807, 2.05) is 30.3 Å². The van der Waals surface area contributed by atoms with Crippen LogP contribution in [-0.2, 0) is 16.1 Å². The molecule has 0 aromatic heterocycles. The van der Waals surface area contributed by atoms with Gasteiger partial charge in [-0.1, -0.05) is 43.2 Å². The summed E-state index contributed by atoms with van der Waals surface area (Å²) in [5, 5.41) is 3.10. The first kappa shape index (κ1) is 21.7. The summed E-state index contributed by atoms with van der Waals surface area (Å²) in [6.45, 7) is 1.99. The molecule has 0 radical (unpaired) electrons. The summed E-state index contributed by atoms with van der Waals surface area (Å²) in [4.78, 5) is 27.4. The molecule has 30 heavy (non-hydrogen) atoms. The minimum absolute atomic E-state index is 0.115. The van der Waals surface area contributed by atoms with Crippen molar-refractivity contribution in [3.8, 4) is 11.5 Å². The second-order valence-corrected chi connectivity index (χ2v) is 7.64. The van der Waals surface area contributed by atoms with Crippen molar-refractivity contribution in [2.75, 3.05) is 13.7 Å². The molecule has 1 N–H and O–H groups in total. The maximum atomic E-state index is 13.0. The van der Waals surface area contributed by atoms with Crippen LogP contribution in [0, 0.1) is 0 Å². The lowest BCUT2D eigenvalue weighted by molar-refractivity contribution is -0.142.